The fourth-order valence-electron chi connectivity index (χ4n) is 2.94. The molecule has 1 unspecified atom stereocenters. The lowest BCUT2D eigenvalue weighted by Crippen LogP contribution is -2.37. The monoisotopic (exact) mass is 315 g/mol. The van der Waals surface area contributed by atoms with Crippen molar-refractivity contribution in [2.75, 3.05) is 24.6 Å². The van der Waals surface area contributed by atoms with Gasteiger partial charge in [-0.25, -0.2) is 0 Å². The number of thiophene rings is 1. The van der Waals surface area contributed by atoms with Gasteiger partial charge in [0.05, 0.1) is 0 Å². The van der Waals surface area contributed by atoms with E-state index in [0.29, 0.717) is 5.92 Å². The third kappa shape index (κ3) is 2.36. The average molecular weight is 315 g/mol. The Labute approximate surface area is 132 Å². The Balaban J connectivity index is 1.72. The zero-order valence-corrected chi connectivity index (χ0v) is 12.9. The average Bonchev–Trinajstić information content (AvgIpc) is 3.23. The Hall–Kier alpha value is -1.99. The van der Waals surface area contributed by atoms with E-state index >= 15 is 0 Å². The summed E-state index contributed by atoms with van der Waals surface area (Å²) < 4.78 is 1.81. The van der Waals surface area contributed by atoms with Crippen LogP contribution in [0.2, 0.25) is 0 Å². The van der Waals surface area contributed by atoms with Crippen molar-refractivity contribution in [1.29, 1.82) is 0 Å². The molecule has 7 heteroatoms. The molecule has 0 aliphatic carbocycles. The fourth-order valence-corrected chi connectivity index (χ4v) is 3.58. The van der Waals surface area contributed by atoms with E-state index in [9.17, 15) is 5.11 Å². The van der Waals surface area contributed by atoms with Crippen LogP contribution in [-0.4, -0.2) is 44.6 Å². The molecule has 1 atom stereocenters. The number of anilines is 1. The molecular formula is C15H17N5OS. The van der Waals surface area contributed by atoms with Crippen LogP contribution in [0.3, 0.4) is 0 Å². The van der Waals surface area contributed by atoms with E-state index in [1.54, 1.807) is 15.9 Å². The molecule has 0 amide bonds. The van der Waals surface area contributed by atoms with Gasteiger partial charge in [0.15, 0.2) is 11.5 Å². The van der Waals surface area contributed by atoms with Gasteiger partial charge < -0.3 is 10.0 Å². The van der Waals surface area contributed by atoms with Crippen LogP contribution < -0.4 is 4.90 Å². The molecule has 1 N–H and O–H groups in total. The number of fused-ring (bicyclic) bond motifs is 1. The molecule has 1 fully saturated rings. The summed E-state index contributed by atoms with van der Waals surface area (Å²) in [5.74, 6) is 2.03. The summed E-state index contributed by atoms with van der Waals surface area (Å²) in [6, 6.07) is 5.97. The van der Waals surface area contributed by atoms with Gasteiger partial charge in [-0.1, -0.05) is 0 Å². The molecule has 3 aromatic heterocycles. The quantitative estimate of drug-likeness (QED) is 0.801. The van der Waals surface area contributed by atoms with Gasteiger partial charge in [0.25, 0.3) is 0 Å². The van der Waals surface area contributed by atoms with Gasteiger partial charge in [-0.15, -0.1) is 15.3 Å². The highest BCUT2D eigenvalue weighted by atomic mass is 32.1. The first-order valence-electron chi connectivity index (χ1n) is 7.46. The second-order valence-electron chi connectivity index (χ2n) is 5.63. The molecule has 0 spiro atoms. The number of hydrogen-bond donors (Lipinski definition) is 1. The van der Waals surface area contributed by atoms with Crippen LogP contribution in [0.25, 0.3) is 17.0 Å². The maximum Gasteiger partial charge on any atom is 0.186 e. The first kappa shape index (κ1) is 13.7. The van der Waals surface area contributed by atoms with Crippen molar-refractivity contribution < 1.29 is 5.11 Å². The van der Waals surface area contributed by atoms with Crippen LogP contribution in [0.5, 0.6) is 0 Å². The Kier molecular flexibility index (Phi) is 3.51. The lowest BCUT2D eigenvalue weighted by atomic mass is 9.99. The van der Waals surface area contributed by atoms with E-state index in [0.717, 1.165) is 48.8 Å². The zero-order valence-electron chi connectivity index (χ0n) is 12.1. The molecule has 0 radical (unpaired) electrons. The molecular weight excluding hydrogens is 298 g/mol. The summed E-state index contributed by atoms with van der Waals surface area (Å²) >= 11 is 1.63. The molecule has 0 aromatic carbocycles. The molecule has 4 heterocycles. The van der Waals surface area contributed by atoms with Crippen LogP contribution in [-0.2, 0) is 0 Å². The van der Waals surface area contributed by atoms with Crippen LogP contribution >= 0.6 is 11.3 Å². The SMILES string of the molecule is OCC1CCCN(c2ccc3nnc(-c4ccsc4)n3n2)C1. The Morgan fingerprint density at radius 2 is 2.23 bits per heavy atom. The minimum absolute atomic E-state index is 0.242. The summed E-state index contributed by atoms with van der Waals surface area (Å²) in [7, 11) is 0. The summed E-state index contributed by atoms with van der Waals surface area (Å²) in [6.45, 7) is 2.07. The first-order chi connectivity index (χ1) is 10.8. The summed E-state index contributed by atoms with van der Waals surface area (Å²) in [6.07, 6.45) is 2.17. The number of hydrogen-bond acceptors (Lipinski definition) is 6. The van der Waals surface area contributed by atoms with Crippen molar-refractivity contribution in [2.24, 2.45) is 5.92 Å². The highest BCUT2D eigenvalue weighted by molar-refractivity contribution is 7.08. The van der Waals surface area contributed by atoms with E-state index in [4.69, 9.17) is 5.10 Å². The van der Waals surface area contributed by atoms with E-state index in [2.05, 4.69) is 15.1 Å². The first-order valence-corrected chi connectivity index (χ1v) is 8.40. The number of piperidine rings is 1. The van der Waals surface area contributed by atoms with Crippen molar-refractivity contribution in [2.45, 2.75) is 12.8 Å². The normalized spacial score (nSPS) is 19.0. The van der Waals surface area contributed by atoms with Crippen LogP contribution in [0.1, 0.15) is 12.8 Å². The Morgan fingerprint density at radius 3 is 3.05 bits per heavy atom. The minimum atomic E-state index is 0.242. The highest BCUT2D eigenvalue weighted by Gasteiger charge is 2.21. The second kappa shape index (κ2) is 5.66. The third-order valence-corrected chi connectivity index (χ3v) is 4.81. The number of aliphatic hydroxyl groups excluding tert-OH is 1. The molecule has 22 heavy (non-hydrogen) atoms. The Bertz CT molecular complexity index is 769. The summed E-state index contributed by atoms with van der Waals surface area (Å²) in [4.78, 5) is 2.24. The lowest BCUT2D eigenvalue weighted by molar-refractivity contribution is 0.208. The maximum absolute atomic E-state index is 9.39. The predicted molar refractivity (Wildman–Crippen MR) is 86.1 cm³/mol. The summed E-state index contributed by atoms with van der Waals surface area (Å²) in [5, 5.41) is 26.6. The molecule has 6 nitrogen and oxygen atoms in total. The number of aromatic nitrogens is 4. The van der Waals surface area contributed by atoms with Crippen molar-refractivity contribution in [3.05, 3.63) is 29.0 Å². The molecule has 3 aromatic rings. The maximum atomic E-state index is 9.39. The van der Waals surface area contributed by atoms with Crippen LogP contribution in [0.4, 0.5) is 5.82 Å². The number of nitrogens with zero attached hydrogens (tertiary/aromatic N) is 5. The van der Waals surface area contributed by atoms with Gasteiger partial charge in [0.1, 0.15) is 5.82 Å². The molecule has 114 valence electrons. The zero-order chi connectivity index (χ0) is 14.9. The van der Waals surface area contributed by atoms with Gasteiger partial charge in [-0.2, -0.15) is 15.9 Å². The largest absolute Gasteiger partial charge is 0.396 e. The number of rotatable bonds is 3. The molecule has 1 aliphatic heterocycles. The van der Waals surface area contributed by atoms with Crippen molar-refractivity contribution in [1.82, 2.24) is 19.8 Å². The van der Waals surface area contributed by atoms with Crippen LogP contribution in [0.15, 0.2) is 29.0 Å². The van der Waals surface area contributed by atoms with Gasteiger partial charge >= 0.3 is 0 Å². The van der Waals surface area contributed by atoms with Crippen LogP contribution in [0, 0.1) is 5.92 Å². The van der Waals surface area contributed by atoms with Crippen molar-refractivity contribution in [3.8, 4) is 11.4 Å². The fraction of sp³-hybridized carbons (Fsp3) is 0.400. The van der Waals surface area contributed by atoms with Crippen molar-refractivity contribution in [3.63, 3.8) is 0 Å². The smallest absolute Gasteiger partial charge is 0.186 e. The molecule has 1 saturated heterocycles. The van der Waals surface area contributed by atoms with Crippen molar-refractivity contribution >= 4 is 22.8 Å². The molecule has 0 saturated carbocycles. The van der Waals surface area contributed by atoms with Gasteiger partial charge in [0, 0.05) is 30.6 Å². The van der Waals surface area contributed by atoms with Gasteiger partial charge in [-0.3, -0.25) is 0 Å². The van der Waals surface area contributed by atoms with Gasteiger partial charge in [0.2, 0.25) is 0 Å². The van der Waals surface area contributed by atoms with E-state index < -0.39 is 0 Å². The van der Waals surface area contributed by atoms with E-state index in [1.165, 1.54) is 0 Å². The summed E-state index contributed by atoms with van der Waals surface area (Å²) in [5.41, 5.74) is 1.79. The second-order valence-corrected chi connectivity index (χ2v) is 6.41. The minimum Gasteiger partial charge on any atom is -0.396 e. The molecule has 1 aliphatic rings. The topological polar surface area (TPSA) is 66.5 Å². The van der Waals surface area contributed by atoms with E-state index in [1.807, 2.05) is 29.0 Å². The predicted octanol–water partition coefficient (Wildman–Crippen LogP) is 2.06. The third-order valence-electron chi connectivity index (χ3n) is 4.13. The standard InChI is InChI=1S/C15H17N5OS/c21-9-11-2-1-6-19(8-11)14-4-3-13-16-17-15(20(13)18-14)12-5-7-22-10-12/h3-5,7,10-11,21H,1-2,6,8-9H2. The number of aliphatic hydroxyl groups is 1. The molecule has 4 rings (SSSR count). The highest BCUT2D eigenvalue weighted by Crippen LogP contribution is 2.24. The lowest BCUT2D eigenvalue weighted by Gasteiger charge is -2.32. The van der Waals surface area contributed by atoms with Gasteiger partial charge in [-0.05, 0) is 42.3 Å². The Morgan fingerprint density at radius 1 is 1.27 bits per heavy atom. The molecule has 0 bridgehead atoms. The van der Waals surface area contributed by atoms with E-state index in [-0.39, 0.29) is 6.61 Å².